The molecule has 1 aliphatic rings. The number of amides is 1. The molecule has 2 aromatic carbocycles. The lowest BCUT2D eigenvalue weighted by molar-refractivity contribution is -0.121. The molecule has 0 saturated carbocycles. The Balaban J connectivity index is 1.37. The zero-order valence-electron chi connectivity index (χ0n) is 16.6. The largest absolute Gasteiger partial charge is 0.354 e. The van der Waals surface area contributed by atoms with E-state index in [-0.39, 0.29) is 23.8 Å². The molecule has 4 aromatic rings. The molecule has 0 fully saturated rings. The lowest BCUT2D eigenvalue weighted by atomic mass is 10.0. The molecule has 2 aromatic heterocycles. The van der Waals surface area contributed by atoms with E-state index in [2.05, 4.69) is 27.3 Å². The van der Waals surface area contributed by atoms with E-state index in [4.69, 9.17) is 0 Å². The minimum Gasteiger partial charge on any atom is -0.354 e. The van der Waals surface area contributed by atoms with Crippen LogP contribution in [-0.2, 0) is 11.2 Å². The number of aromatic amines is 1. The second-order valence-corrected chi connectivity index (χ2v) is 7.80. The summed E-state index contributed by atoms with van der Waals surface area (Å²) in [5.74, 6) is 0.531. The number of halogens is 1. The number of aromatic nitrogens is 4. The van der Waals surface area contributed by atoms with Crippen molar-refractivity contribution in [2.24, 2.45) is 0 Å². The Bertz CT molecular complexity index is 1210. The molecule has 30 heavy (non-hydrogen) atoms. The molecule has 5 rings (SSSR count). The van der Waals surface area contributed by atoms with Crippen molar-refractivity contribution < 1.29 is 9.18 Å². The number of aryl methyl sites for hydroxylation is 1. The maximum absolute atomic E-state index is 13.4. The number of fused-ring (bicyclic) bond motifs is 2. The Morgan fingerprint density at radius 3 is 2.87 bits per heavy atom. The molecule has 0 aliphatic carbocycles. The number of carbonyl (C=O) groups is 1. The van der Waals surface area contributed by atoms with Gasteiger partial charge in [-0.2, -0.15) is 5.10 Å². The van der Waals surface area contributed by atoms with Crippen LogP contribution in [-0.4, -0.2) is 25.7 Å². The number of carbonyl (C=O) groups excluding carboxylic acids is 1. The quantitative estimate of drug-likeness (QED) is 0.521. The summed E-state index contributed by atoms with van der Waals surface area (Å²) in [4.78, 5) is 20.5. The van der Waals surface area contributed by atoms with E-state index in [0.29, 0.717) is 12.8 Å². The van der Waals surface area contributed by atoms with Crippen LogP contribution in [0.25, 0.3) is 22.2 Å². The number of benzene rings is 2. The highest BCUT2D eigenvalue weighted by atomic mass is 19.1. The Morgan fingerprint density at radius 2 is 2.03 bits per heavy atom. The summed E-state index contributed by atoms with van der Waals surface area (Å²) >= 11 is 0. The van der Waals surface area contributed by atoms with Gasteiger partial charge >= 0.3 is 0 Å². The molecule has 6 nitrogen and oxygen atoms in total. The Hall–Kier alpha value is -3.48. The third kappa shape index (κ3) is 3.26. The molecule has 0 radical (unpaired) electrons. The lowest BCUT2D eigenvalue weighted by Crippen LogP contribution is -2.27. The normalized spacial score (nSPS) is 17.9. The molecule has 7 heteroatoms. The average molecular weight is 403 g/mol. The number of nitrogens with one attached hydrogen (secondary N) is 2. The molecule has 0 spiro atoms. The summed E-state index contributed by atoms with van der Waals surface area (Å²) in [5.41, 5.74) is 3.90. The second-order valence-electron chi connectivity index (χ2n) is 7.80. The van der Waals surface area contributed by atoms with Crippen molar-refractivity contribution in [1.82, 2.24) is 25.1 Å². The van der Waals surface area contributed by atoms with Gasteiger partial charge in [0.1, 0.15) is 18.0 Å². The standard InChI is InChI=1S/C23H22FN5O/c1-14-12-20(23-25-13-26-29(14)23)27-21(30)11-10-18-17-4-2-3-5-19(17)28-22(18)15-6-8-16(24)9-7-15/h2-9,13-14,20,28H,10-12H2,1H3,(H,27,30). The summed E-state index contributed by atoms with van der Waals surface area (Å²) in [6.45, 7) is 2.07. The van der Waals surface area contributed by atoms with Crippen LogP contribution in [0.4, 0.5) is 4.39 Å². The van der Waals surface area contributed by atoms with E-state index >= 15 is 0 Å². The van der Waals surface area contributed by atoms with Gasteiger partial charge in [-0.25, -0.2) is 14.1 Å². The number of H-pyrrole nitrogens is 1. The molecule has 1 amide bonds. The third-order valence-electron chi connectivity index (χ3n) is 5.79. The summed E-state index contributed by atoms with van der Waals surface area (Å²) < 4.78 is 15.3. The Morgan fingerprint density at radius 1 is 1.23 bits per heavy atom. The second kappa shape index (κ2) is 7.40. The molecule has 0 saturated heterocycles. The average Bonchev–Trinajstić information content (AvgIpc) is 3.43. The highest BCUT2D eigenvalue weighted by molar-refractivity contribution is 5.91. The van der Waals surface area contributed by atoms with Crippen molar-refractivity contribution in [2.45, 2.75) is 38.3 Å². The topological polar surface area (TPSA) is 75.6 Å². The van der Waals surface area contributed by atoms with Gasteiger partial charge in [0, 0.05) is 23.0 Å². The predicted molar refractivity (Wildman–Crippen MR) is 112 cm³/mol. The fourth-order valence-corrected chi connectivity index (χ4v) is 4.35. The molecule has 0 bridgehead atoms. The van der Waals surface area contributed by atoms with Crippen molar-refractivity contribution in [3.8, 4) is 11.3 Å². The highest BCUT2D eigenvalue weighted by Crippen LogP contribution is 2.33. The molecule has 1 aliphatic heterocycles. The van der Waals surface area contributed by atoms with Crippen LogP contribution in [0, 0.1) is 5.82 Å². The fourth-order valence-electron chi connectivity index (χ4n) is 4.35. The first kappa shape index (κ1) is 18.5. The van der Waals surface area contributed by atoms with Gasteiger partial charge in [0.15, 0.2) is 0 Å². The van der Waals surface area contributed by atoms with E-state index in [9.17, 15) is 9.18 Å². The summed E-state index contributed by atoms with van der Waals surface area (Å²) in [7, 11) is 0. The SMILES string of the molecule is CC1CC(NC(=O)CCc2c(-c3ccc(F)cc3)[nH]c3ccccc23)c2ncnn21. The zero-order valence-corrected chi connectivity index (χ0v) is 16.6. The van der Waals surface area contributed by atoms with Crippen molar-refractivity contribution >= 4 is 16.8 Å². The van der Waals surface area contributed by atoms with E-state index in [1.165, 1.54) is 18.5 Å². The third-order valence-corrected chi connectivity index (χ3v) is 5.79. The first-order chi connectivity index (χ1) is 14.6. The van der Waals surface area contributed by atoms with Gasteiger partial charge in [-0.05, 0) is 61.2 Å². The van der Waals surface area contributed by atoms with E-state index in [1.807, 2.05) is 28.9 Å². The van der Waals surface area contributed by atoms with Crippen LogP contribution in [0.5, 0.6) is 0 Å². The van der Waals surface area contributed by atoms with E-state index < -0.39 is 0 Å². The highest BCUT2D eigenvalue weighted by Gasteiger charge is 2.31. The van der Waals surface area contributed by atoms with Gasteiger partial charge in [0.25, 0.3) is 0 Å². The van der Waals surface area contributed by atoms with Gasteiger partial charge in [0.2, 0.25) is 5.91 Å². The van der Waals surface area contributed by atoms with Crippen molar-refractivity contribution in [3.63, 3.8) is 0 Å². The lowest BCUT2D eigenvalue weighted by Gasteiger charge is -2.12. The number of rotatable bonds is 5. The Kier molecular flexibility index (Phi) is 4.58. The van der Waals surface area contributed by atoms with Crippen molar-refractivity contribution in [1.29, 1.82) is 0 Å². The van der Waals surface area contributed by atoms with Crippen LogP contribution in [0.15, 0.2) is 54.9 Å². The first-order valence-corrected chi connectivity index (χ1v) is 10.1. The van der Waals surface area contributed by atoms with Crippen LogP contribution < -0.4 is 5.32 Å². The number of nitrogens with zero attached hydrogens (tertiary/aromatic N) is 3. The molecule has 2 unspecified atom stereocenters. The molecule has 152 valence electrons. The first-order valence-electron chi connectivity index (χ1n) is 10.1. The maximum Gasteiger partial charge on any atom is 0.220 e. The van der Waals surface area contributed by atoms with Gasteiger partial charge in [0.05, 0.1) is 12.1 Å². The van der Waals surface area contributed by atoms with Gasteiger partial charge in [-0.15, -0.1) is 0 Å². The van der Waals surface area contributed by atoms with Gasteiger partial charge in [-0.1, -0.05) is 18.2 Å². The van der Waals surface area contributed by atoms with Gasteiger partial charge < -0.3 is 10.3 Å². The monoisotopic (exact) mass is 403 g/mol. The number of hydrogen-bond acceptors (Lipinski definition) is 3. The van der Waals surface area contributed by atoms with E-state index in [0.717, 1.165) is 40.0 Å². The summed E-state index contributed by atoms with van der Waals surface area (Å²) in [6.07, 6.45) is 3.27. The van der Waals surface area contributed by atoms with Crippen LogP contribution in [0.2, 0.25) is 0 Å². The molecular weight excluding hydrogens is 381 g/mol. The summed E-state index contributed by atoms with van der Waals surface area (Å²) in [6, 6.07) is 14.6. The van der Waals surface area contributed by atoms with Crippen molar-refractivity contribution in [2.75, 3.05) is 0 Å². The zero-order chi connectivity index (χ0) is 20.7. The van der Waals surface area contributed by atoms with Crippen molar-refractivity contribution in [3.05, 3.63) is 72.1 Å². The number of para-hydroxylation sites is 1. The van der Waals surface area contributed by atoms with Crippen LogP contribution in [0.1, 0.15) is 43.2 Å². The maximum atomic E-state index is 13.4. The van der Waals surface area contributed by atoms with Crippen LogP contribution in [0.3, 0.4) is 0 Å². The molecular formula is C23H22FN5O. The predicted octanol–water partition coefficient (Wildman–Crippen LogP) is 4.32. The number of hydrogen-bond donors (Lipinski definition) is 2. The Labute approximate surface area is 173 Å². The summed E-state index contributed by atoms with van der Waals surface area (Å²) in [5, 5.41) is 8.42. The minimum atomic E-state index is -0.269. The molecule has 3 heterocycles. The van der Waals surface area contributed by atoms with E-state index in [1.54, 1.807) is 12.1 Å². The minimum absolute atomic E-state index is 0.0148. The smallest absolute Gasteiger partial charge is 0.220 e. The van der Waals surface area contributed by atoms with Crippen LogP contribution >= 0.6 is 0 Å². The molecule has 2 atom stereocenters. The van der Waals surface area contributed by atoms with Gasteiger partial charge in [-0.3, -0.25) is 4.79 Å². The fraction of sp³-hybridized carbons (Fsp3) is 0.261. The molecule has 2 N–H and O–H groups in total.